The fraction of sp³-hybridized carbons (Fsp3) is 0.500. The van der Waals surface area contributed by atoms with E-state index in [0.29, 0.717) is 19.5 Å². The summed E-state index contributed by atoms with van der Waals surface area (Å²) in [6.07, 6.45) is 3.34. The second-order valence-corrected chi connectivity index (χ2v) is 4.82. The van der Waals surface area contributed by atoms with E-state index in [9.17, 15) is 9.59 Å². The minimum absolute atomic E-state index is 0.0837. The van der Waals surface area contributed by atoms with E-state index in [1.54, 1.807) is 4.90 Å². The Labute approximate surface area is 121 Å². The zero-order chi connectivity index (χ0) is 14.8. The molecule has 1 aromatic carbocycles. The molecule has 0 aromatic heterocycles. The average molecular weight is 276 g/mol. The van der Waals surface area contributed by atoms with E-state index in [0.717, 1.165) is 24.8 Å². The predicted octanol–water partition coefficient (Wildman–Crippen LogP) is 2.34. The number of unbranched alkanes of at least 4 members (excludes halogenated alkanes) is 1. The van der Waals surface area contributed by atoms with Crippen LogP contribution in [0.3, 0.4) is 0 Å². The number of carbonyl (C=O) groups excluding carboxylic acids is 2. The molecule has 0 saturated carbocycles. The van der Waals surface area contributed by atoms with Gasteiger partial charge >= 0.3 is 0 Å². The van der Waals surface area contributed by atoms with Crippen molar-refractivity contribution >= 4 is 12.3 Å². The maximum Gasteiger partial charge on any atom is 0.243 e. The van der Waals surface area contributed by atoms with Gasteiger partial charge in [-0.1, -0.05) is 50.6 Å². The lowest BCUT2D eigenvalue weighted by Gasteiger charge is -2.26. The third kappa shape index (κ3) is 5.03. The highest BCUT2D eigenvalue weighted by Crippen LogP contribution is 2.05. The molecule has 0 aliphatic carbocycles. The van der Waals surface area contributed by atoms with Crippen LogP contribution >= 0.6 is 0 Å². The van der Waals surface area contributed by atoms with Crippen LogP contribution in [-0.4, -0.2) is 29.8 Å². The summed E-state index contributed by atoms with van der Waals surface area (Å²) in [6, 6.07) is 9.39. The molecule has 0 heterocycles. The minimum atomic E-state index is -0.372. The molecule has 0 aliphatic rings. The Kier molecular flexibility index (Phi) is 7.40. The highest BCUT2D eigenvalue weighted by molar-refractivity contribution is 5.83. The zero-order valence-corrected chi connectivity index (χ0v) is 12.3. The quantitative estimate of drug-likeness (QED) is 0.704. The Morgan fingerprint density at radius 2 is 2.00 bits per heavy atom. The molecular formula is C16H24N2O2. The lowest BCUT2D eigenvalue weighted by Crippen LogP contribution is -2.46. The highest BCUT2D eigenvalue weighted by Gasteiger charge is 2.22. The SMILES string of the molecule is CCCCN(C=O)C(CC)C(=O)NCc1ccccc1. The molecule has 1 rings (SSSR count). The van der Waals surface area contributed by atoms with Crippen molar-refractivity contribution in [1.82, 2.24) is 10.2 Å². The van der Waals surface area contributed by atoms with Gasteiger partial charge in [-0.3, -0.25) is 9.59 Å². The molecule has 0 aliphatic heterocycles. The van der Waals surface area contributed by atoms with Crippen LogP contribution in [0.2, 0.25) is 0 Å². The molecule has 110 valence electrons. The first-order chi connectivity index (χ1) is 9.72. The first kappa shape index (κ1) is 16.2. The van der Waals surface area contributed by atoms with E-state index in [2.05, 4.69) is 12.2 Å². The van der Waals surface area contributed by atoms with Crippen LogP contribution < -0.4 is 5.32 Å². The monoisotopic (exact) mass is 276 g/mol. The van der Waals surface area contributed by atoms with Gasteiger partial charge in [0.2, 0.25) is 12.3 Å². The molecule has 1 atom stereocenters. The molecular weight excluding hydrogens is 252 g/mol. The summed E-state index contributed by atoms with van der Waals surface area (Å²) in [5.74, 6) is -0.0837. The summed E-state index contributed by atoms with van der Waals surface area (Å²) in [5.41, 5.74) is 1.06. The van der Waals surface area contributed by atoms with Crippen LogP contribution in [0.1, 0.15) is 38.7 Å². The summed E-state index contributed by atoms with van der Waals surface area (Å²) in [6.45, 7) is 5.13. The minimum Gasteiger partial charge on any atom is -0.350 e. The molecule has 1 N–H and O–H groups in total. The Hall–Kier alpha value is -1.84. The number of amides is 2. The molecule has 20 heavy (non-hydrogen) atoms. The lowest BCUT2D eigenvalue weighted by molar-refractivity contribution is -0.133. The summed E-state index contributed by atoms with van der Waals surface area (Å²) in [5, 5.41) is 2.90. The van der Waals surface area contributed by atoms with Crippen LogP contribution in [0.5, 0.6) is 0 Å². The van der Waals surface area contributed by atoms with Gasteiger partial charge in [-0.2, -0.15) is 0 Å². The summed E-state index contributed by atoms with van der Waals surface area (Å²) >= 11 is 0. The Morgan fingerprint density at radius 1 is 1.30 bits per heavy atom. The van der Waals surface area contributed by atoms with Gasteiger partial charge in [0.05, 0.1) is 0 Å². The van der Waals surface area contributed by atoms with Crippen molar-refractivity contribution in [3.8, 4) is 0 Å². The van der Waals surface area contributed by atoms with Crippen molar-refractivity contribution in [2.75, 3.05) is 6.54 Å². The number of rotatable bonds is 9. The first-order valence-corrected chi connectivity index (χ1v) is 7.25. The van der Waals surface area contributed by atoms with E-state index in [4.69, 9.17) is 0 Å². The molecule has 0 bridgehead atoms. The zero-order valence-electron chi connectivity index (χ0n) is 12.3. The van der Waals surface area contributed by atoms with E-state index < -0.39 is 0 Å². The topological polar surface area (TPSA) is 49.4 Å². The lowest BCUT2D eigenvalue weighted by atomic mass is 10.1. The molecule has 4 heteroatoms. The van der Waals surface area contributed by atoms with Gasteiger partial charge in [0, 0.05) is 13.1 Å². The number of carbonyl (C=O) groups is 2. The molecule has 2 amide bonds. The van der Waals surface area contributed by atoms with Crippen LogP contribution in [0.15, 0.2) is 30.3 Å². The average Bonchev–Trinajstić information content (AvgIpc) is 2.50. The fourth-order valence-electron chi connectivity index (χ4n) is 2.10. The van der Waals surface area contributed by atoms with Gasteiger partial charge in [0.1, 0.15) is 6.04 Å². The van der Waals surface area contributed by atoms with E-state index in [1.165, 1.54) is 0 Å². The van der Waals surface area contributed by atoms with E-state index >= 15 is 0 Å². The van der Waals surface area contributed by atoms with Gasteiger partial charge in [-0.05, 0) is 18.4 Å². The van der Waals surface area contributed by atoms with Gasteiger partial charge in [0.25, 0.3) is 0 Å². The molecule has 0 saturated heterocycles. The van der Waals surface area contributed by atoms with E-state index in [1.807, 2.05) is 37.3 Å². The molecule has 0 radical (unpaired) electrons. The smallest absolute Gasteiger partial charge is 0.243 e. The first-order valence-electron chi connectivity index (χ1n) is 7.25. The van der Waals surface area contributed by atoms with Gasteiger partial charge in [0.15, 0.2) is 0 Å². The Bertz CT molecular complexity index is 406. The molecule has 0 spiro atoms. The molecule has 1 unspecified atom stereocenters. The van der Waals surface area contributed by atoms with Crippen LogP contribution in [-0.2, 0) is 16.1 Å². The van der Waals surface area contributed by atoms with Crippen molar-refractivity contribution in [2.45, 2.75) is 45.7 Å². The summed E-state index contributed by atoms with van der Waals surface area (Å²) in [7, 11) is 0. The second kappa shape index (κ2) is 9.13. The summed E-state index contributed by atoms with van der Waals surface area (Å²) in [4.78, 5) is 24.9. The van der Waals surface area contributed by atoms with Crippen molar-refractivity contribution in [3.63, 3.8) is 0 Å². The normalized spacial score (nSPS) is 11.7. The maximum atomic E-state index is 12.2. The van der Waals surface area contributed by atoms with Crippen LogP contribution in [0.25, 0.3) is 0 Å². The largest absolute Gasteiger partial charge is 0.350 e. The number of hydrogen-bond donors (Lipinski definition) is 1. The highest BCUT2D eigenvalue weighted by atomic mass is 16.2. The van der Waals surface area contributed by atoms with Gasteiger partial charge in [-0.15, -0.1) is 0 Å². The van der Waals surface area contributed by atoms with Crippen molar-refractivity contribution in [1.29, 1.82) is 0 Å². The Morgan fingerprint density at radius 3 is 2.55 bits per heavy atom. The number of nitrogens with zero attached hydrogens (tertiary/aromatic N) is 1. The third-order valence-corrected chi connectivity index (χ3v) is 3.30. The molecule has 0 fully saturated rings. The summed E-state index contributed by atoms with van der Waals surface area (Å²) < 4.78 is 0. The molecule has 4 nitrogen and oxygen atoms in total. The van der Waals surface area contributed by atoms with E-state index in [-0.39, 0.29) is 11.9 Å². The van der Waals surface area contributed by atoms with Gasteiger partial charge in [-0.25, -0.2) is 0 Å². The van der Waals surface area contributed by atoms with Gasteiger partial charge < -0.3 is 10.2 Å². The predicted molar refractivity (Wildman–Crippen MR) is 80.0 cm³/mol. The van der Waals surface area contributed by atoms with Crippen LogP contribution in [0.4, 0.5) is 0 Å². The van der Waals surface area contributed by atoms with Crippen molar-refractivity contribution in [2.24, 2.45) is 0 Å². The third-order valence-electron chi connectivity index (χ3n) is 3.30. The number of hydrogen-bond acceptors (Lipinski definition) is 2. The van der Waals surface area contributed by atoms with Crippen molar-refractivity contribution in [3.05, 3.63) is 35.9 Å². The maximum absolute atomic E-state index is 12.2. The number of benzene rings is 1. The van der Waals surface area contributed by atoms with Crippen LogP contribution in [0, 0.1) is 0 Å². The standard InChI is InChI=1S/C16H24N2O2/c1-3-5-11-18(13-19)15(4-2)16(20)17-12-14-9-7-6-8-10-14/h6-10,13,15H,3-5,11-12H2,1-2H3,(H,17,20). The van der Waals surface area contributed by atoms with Crippen molar-refractivity contribution < 1.29 is 9.59 Å². The Balaban J connectivity index is 2.55. The molecule has 1 aromatic rings. The number of nitrogens with one attached hydrogen (secondary N) is 1. The second-order valence-electron chi connectivity index (χ2n) is 4.82. The fourth-order valence-corrected chi connectivity index (χ4v) is 2.10.